The van der Waals surface area contributed by atoms with E-state index < -0.39 is 22.9 Å². The molecule has 152 valence electrons. The van der Waals surface area contributed by atoms with Crippen LogP contribution in [-0.2, 0) is 14.3 Å². The van der Waals surface area contributed by atoms with Gasteiger partial charge in [0.15, 0.2) is 6.10 Å². The summed E-state index contributed by atoms with van der Waals surface area (Å²) in [6.45, 7) is 0. The molecule has 0 spiro atoms. The fourth-order valence-electron chi connectivity index (χ4n) is 2.91. The van der Waals surface area contributed by atoms with Crippen molar-refractivity contribution in [3.63, 3.8) is 0 Å². The van der Waals surface area contributed by atoms with Gasteiger partial charge in [0.1, 0.15) is 0 Å². The van der Waals surface area contributed by atoms with Gasteiger partial charge in [0.25, 0.3) is 5.69 Å². The minimum Gasteiger partial charge on any atom is -0.453 e. The number of rotatable bonds is 8. The topological polar surface area (TPSA) is 98.5 Å². The Labute approximate surface area is 173 Å². The summed E-state index contributed by atoms with van der Waals surface area (Å²) in [6.07, 6.45) is -0.783. The maximum atomic E-state index is 12.4. The summed E-state index contributed by atoms with van der Waals surface area (Å²) in [5.74, 6) is -0.940. The van der Waals surface area contributed by atoms with Crippen LogP contribution in [0.15, 0.2) is 84.9 Å². The van der Waals surface area contributed by atoms with Gasteiger partial charge >= 0.3 is 5.97 Å². The lowest BCUT2D eigenvalue weighted by Gasteiger charge is -2.19. The predicted molar refractivity (Wildman–Crippen MR) is 112 cm³/mol. The summed E-state index contributed by atoms with van der Waals surface area (Å²) in [7, 11) is 0. The van der Waals surface area contributed by atoms with E-state index in [1.807, 2.05) is 60.7 Å². The molecule has 0 aromatic heterocycles. The number of non-ortho nitro benzene ring substituents is 1. The molecule has 3 rings (SSSR count). The van der Waals surface area contributed by atoms with Gasteiger partial charge in [-0.05, 0) is 17.2 Å². The molecule has 0 aliphatic rings. The molecule has 7 nitrogen and oxygen atoms in total. The van der Waals surface area contributed by atoms with Crippen LogP contribution in [-0.4, -0.2) is 16.8 Å². The van der Waals surface area contributed by atoms with Gasteiger partial charge in [-0.15, -0.1) is 0 Å². The Morgan fingerprint density at radius 2 is 1.47 bits per heavy atom. The molecule has 0 atom stereocenters. The van der Waals surface area contributed by atoms with Crippen LogP contribution in [0.4, 0.5) is 11.4 Å². The highest BCUT2D eigenvalue weighted by molar-refractivity contribution is 5.92. The summed E-state index contributed by atoms with van der Waals surface area (Å²) in [6, 6.07) is 24.3. The molecule has 0 saturated heterocycles. The monoisotopic (exact) mass is 404 g/mol. The molecule has 0 heterocycles. The second-order valence-corrected chi connectivity index (χ2v) is 6.55. The van der Waals surface area contributed by atoms with Crippen LogP contribution in [0, 0.1) is 10.1 Å². The Morgan fingerprint density at radius 3 is 2.03 bits per heavy atom. The first-order valence-corrected chi connectivity index (χ1v) is 9.36. The normalized spacial score (nSPS) is 10.4. The van der Waals surface area contributed by atoms with Gasteiger partial charge in [-0.1, -0.05) is 66.7 Å². The van der Waals surface area contributed by atoms with Crippen LogP contribution < -0.4 is 5.32 Å². The second-order valence-electron chi connectivity index (χ2n) is 6.55. The zero-order chi connectivity index (χ0) is 21.3. The lowest BCUT2D eigenvalue weighted by Crippen LogP contribution is -2.17. The van der Waals surface area contributed by atoms with E-state index in [0.717, 1.165) is 11.1 Å². The van der Waals surface area contributed by atoms with Crippen molar-refractivity contribution in [2.24, 2.45) is 0 Å². The highest BCUT2D eigenvalue weighted by Crippen LogP contribution is 2.26. The lowest BCUT2D eigenvalue weighted by molar-refractivity contribution is -0.384. The molecule has 0 radical (unpaired) electrons. The third-order valence-electron chi connectivity index (χ3n) is 4.35. The molecular formula is C23H20N2O5. The van der Waals surface area contributed by atoms with E-state index in [1.165, 1.54) is 18.2 Å². The maximum Gasteiger partial charge on any atom is 0.307 e. The van der Waals surface area contributed by atoms with Gasteiger partial charge in [0, 0.05) is 24.2 Å². The van der Waals surface area contributed by atoms with Crippen molar-refractivity contribution in [3.8, 4) is 0 Å². The van der Waals surface area contributed by atoms with Gasteiger partial charge in [-0.25, -0.2) is 0 Å². The number of hydrogen-bond donors (Lipinski definition) is 1. The number of anilines is 1. The minimum absolute atomic E-state index is 0.0994. The second kappa shape index (κ2) is 9.97. The molecule has 30 heavy (non-hydrogen) atoms. The molecule has 0 aliphatic carbocycles. The van der Waals surface area contributed by atoms with Crippen LogP contribution in [0.1, 0.15) is 30.1 Å². The van der Waals surface area contributed by atoms with E-state index in [2.05, 4.69) is 5.32 Å². The molecule has 1 N–H and O–H groups in total. The smallest absolute Gasteiger partial charge is 0.307 e. The number of amides is 1. The van der Waals surface area contributed by atoms with Gasteiger partial charge in [-0.3, -0.25) is 19.7 Å². The van der Waals surface area contributed by atoms with Crippen molar-refractivity contribution in [1.29, 1.82) is 0 Å². The molecule has 7 heteroatoms. The first kappa shape index (κ1) is 20.7. The average molecular weight is 404 g/mol. The van der Waals surface area contributed by atoms with E-state index in [0.29, 0.717) is 5.69 Å². The van der Waals surface area contributed by atoms with Gasteiger partial charge in [0.05, 0.1) is 11.3 Å². The molecule has 0 unspecified atom stereocenters. The molecular weight excluding hydrogens is 384 g/mol. The van der Waals surface area contributed by atoms with E-state index in [-0.39, 0.29) is 18.5 Å². The summed E-state index contributed by atoms with van der Waals surface area (Å²) < 4.78 is 5.67. The van der Waals surface area contributed by atoms with Crippen LogP contribution in [0.25, 0.3) is 0 Å². The number of ether oxygens (including phenoxy) is 1. The zero-order valence-corrected chi connectivity index (χ0v) is 16.1. The number of hydrogen-bond acceptors (Lipinski definition) is 5. The highest BCUT2D eigenvalue weighted by atomic mass is 16.6. The zero-order valence-electron chi connectivity index (χ0n) is 16.1. The van der Waals surface area contributed by atoms with Crippen molar-refractivity contribution in [2.75, 3.05) is 5.32 Å². The van der Waals surface area contributed by atoms with Crippen molar-refractivity contribution >= 4 is 23.3 Å². The van der Waals surface area contributed by atoms with E-state index in [9.17, 15) is 19.7 Å². The number of nitro groups is 1. The van der Waals surface area contributed by atoms with Crippen molar-refractivity contribution in [3.05, 3.63) is 106 Å². The Hall–Kier alpha value is -4.00. The molecule has 3 aromatic rings. The molecule has 0 fully saturated rings. The standard InChI is InChI=1S/C23H20N2O5/c26-21(24-19-12-7-13-20(16-19)25(28)29)14-15-22(27)30-23(17-8-3-1-4-9-17)18-10-5-2-6-11-18/h1-13,16,23H,14-15H2,(H,24,26). The number of esters is 1. The minimum atomic E-state index is -0.570. The fraction of sp³-hybridized carbons (Fsp3) is 0.130. The predicted octanol–water partition coefficient (Wildman–Crippen LogP) is 4.65. The fourth-order valence-corrected chi connectivity index (χ4v) is 2.91. The maximum absolute atomic E-state index is 12.4. The lowest BCUT2D eigenvalue weighted by atomic mass is 10.0. The Bertz CT molecular complexity index is 983. The number of nitrogens with one attached hydrogen (secondary N) is 1. The van der Waals surface area contributed by atoms with Crippen LogP contribution >= 0.6 is 0 Å². The summed E-state index contributed by atoms with van der Waals surface area (Å²) in [5, 5.41) is 13.4. The highest BCUT2D eigenvalue weighted by Gasteiger charge is 2.19. The largest absolute Gasteiger partial charge is 0.453 e. The molecule has 0 aliphatic heterocycles. The third kappa shape index (κ3) is 5.75. The van der Waals surface area contributed by atoms with Crippen LogP contribution in [0.3, 0.4) is 0 Å². The van der Waals surface area contributed by atoms with E-state index >= 15 is 0 Å². The quantitative estimate of drug-likeness (QED) is 0.335. The Kier molecular flexibility index (Phi) is 6.89. The van der Waals surface area contributed by atoms with Crippen LogP contribution in [0.2, 0.25) is 0 Å². The number of carbonyl (C=O) groups is 2. The summed E-state index contributed by atoms with van der Waals surface area (Å²) in [4.78, 5) is 34.8. The van der Waals surface area contributed by atoms with Gasteiger partial charge in [-0.2, -0.15) is 0 Å². The number of benzene rings is 3. The number of nitrogens with zero attached hydrogens (tertiary/aromatic N) is 1. The van der Waals surface area contributed by atoms with Crippen molar-refractivity contribution in [2.45, 2.75) is 18.9 Å². The summed E-state index contributed by atoms with van der Waals surface area (Å²) >= 11 is 0. The molecule has 0 saturated carbocycles. The van der Waals surface area contributed by atoms with Gasteiger partial charge in [0.2, 0.25) is 5.91 Å². The molecule has 3 aromatic carbocycles. The van der Waals surface area contributed by atoms with Crippen molar-refractivity contribution < 1.29 is 19.2 Å². The SMILES string of the molecule is O=C(CCC(=O)OC(c1ccccc1)c1ccccc1)Nc1cccc([N+](=O)[O-])c1. The first-order valence-electron chi connectivity index (χ1n) is 9.36. The van der Waals surface area contributed by atoms with Crippen molar-refractivity contribution in [1.82, 2.24) is 0 Å². The Morgan fingerprint density at radius 1 is 0.867 bits per heavy atom. The third-order valence-corrected chi connectivity index (χ3v) is 4.35. The average Bonchev–Trinajstić information content (AvgIpc) is 2.77. The summed E-state index contributed by atoms with van der Waals surface area (Å²) in [5.41, 5.74) is 1.84. The van der Waals surface area contributed by atoms with Crippen LogP contribution in [0.5, 0.6) is 0 Å². The molecule has 0 bridgehead atoms. The Balaban J connectivity index is 1.60. The molecule has 1 amide bonds. The number of carbonyl (C=O) groups excluding carboxylic acids is 2. The number of nitro benzene ring substituents is 1. The van der Waals surface area contributed by atoms with Gasteiger partial charge < -0.3 is 10.1 Å². The van der Waals surface area contributed by atoms with E-state index in [1.54, 1.807) is 6.07 Å². The first-order chi connectivity index (χ1) is 14.5. The van der Waals surface area contributed by atoms with E-state index in [4.69, 9.17) is 4.74 Å².